The molecular formula is C30H31NO8. The van der Waals surface area contributed by atoms with E-state index in [1.54, 1.807) is 46.1 Å². The number of carbonyl (C=O) groups excluding carboxylic acids is 3. The molecule has 3 aliphatic rings. The van der Waals surface area contributed by atoms with E-state index in [9.17, 15) is 14.4 Å². The van der Waals surface area contributed by atoms with Crippen LogP contribution in [-0.2, 0) is 23.9 Å². The summed E-state index contributed by atoms with van der Waals surface area (Å²) in [7, 11) is 1.57. The highest BCUT2D eigenvalue weighted by atomic mass is 16.7. The third-order valence-corrected chi connectivity index (χ3v) is 7.31. The van der Waals surface area contributed by atoms with Crippen molar-refractivity contribution in [2.24, 2.45) is 5.92 Å². The normalized spacial score (nSPS) is 21.7. The zero-order chi connectivity index (χ0) is 27.7. The summed E-state index contributed by atoms with van der Waals surface area (Å²) in [6.45, 7) is 5.62. The first-order valence-corrected chi connectivity index (χ1v) is 13.0. The number of Topliss-reactive ketones (excluding diaryl/α,β-unsaturated/α-hetero) is 1. The van der Waals surface area contributed by atoms with Crippen LogP contribution in [0.5, 0.6) is 17.2 Å². The first-order valence-electron chi connectivity index (χ1n) is 13.0. The molecule has 1 aliphatic carbocycles. The molecule has 9 heteroatoms. The predicted molar refractivity (Wildman–Crippen MR) is 140 cm³/mol. The molecule has 3 atom stereocenters. The van der Waals surface area contributed by atoms with Crippen LogP contribution < -0.4 is 19.5 Å². The number of methoxy groups -OCH3 is 1. The number of ether oxygens (including phenoxy) is 5. The van der Waals surface area contributed by atoms with Crippen LogP contribution in [0, 0.1) is 5.92 Å². The van der Waals surface area contributed by atoms with E-state index in [1.807, 2.05) is 24.3 Å². The number of hydrogen-bond donors (Lipinski definition) is 1. The van der Waals surface area contributed by atoms with Crippen LogP contribution in [-0.4, -0.2) is 44.8 Å². The molecule has 0 amide bonds. The molecule has 204 valence electrons. The first kappa shape index (κ1) is 26.3. The lowest BCUT2D eigenvalue weighted by molar-refractivity contribution is -0.152. The van der Waals surface area contributed by atoms with Crippen molar-refractivity contribution in [3.63, 3.8) is 0 Å². The van der Waals surface area contributed by atoms with Gasteiger partial charge in [0.05, 0.1) is 25.9 Å². The molecule has 2 aromatic rings. The zero-order valence-electron chi connectivity index (χ0n) is 22.4. The Kier molecular flexibility index (Phi) is 7.32. The Morgan fingerprint density at radius 1 is 1.00 bits per heavy atom. The number of benzene rings is 2. The van der Waals surface area contributed by atoms with E-state index < -0.39 is 35.5 Å². The second kappa shape index (κ2) is 10.8. The largest absolute Gasteiger partial charge is 0.497 e. The Morgan fingerprint density at radius 3 is 2.51 bits per heavy atom. The molecule has 2 aliphatic heterocycles. The maximum absolute atomic E-state index is 14.4. The van der Waals surface area contributed by atoms with Crippen molar-refractivity contribution in [2.75, 3.05) is 27.1 Å². The third kappa shape index (κ3) is 4.73. The number of dihydropyridines is 1. The second-order valence-electron chi connectivity index (χ2n) is 9.50. The van der Waals surface area contributed by atoms with E-state index in [2.05, 4.69) is 5.32 Å². The monoisotopic (exact) mass is 533 g/mol. The molecule has 3 unspecified atom stereocenters. The molecule has 0 radical (unpaired) electrons. The van der Waals surface area contributed by atoms with Crippen LogP contribution in [0.2, 0.25) is 0 Å². The van der Waals surface area contributed by atoms with E-state index in [4.69, 9.17) is 23.7 Å². The smallest absolute Gasteiger partial charge is 0.336 e. The SMILES string of the molecule is CCOC(=O)C1=C(C)NC2=C(C(=O)C(C(=O)OCC)C(c3cccc(OC)c3)C2)C1c1ccc2c(c1)OCO2. The summed E-state index contributed by atoms with van der Waals surface area (Å²) in [4.78, 5) is 41.0. The van der Waals surface area contributed by atoms with Gasteiger partial charge in [0.25, 0.3) is 0 Å². The number of fused-ring (bicyclic) bond motifs is 1. The van der Waals surface area contributed by atoms with Gasteiger partial charge in [0.15, 0.2) is 17.3 Å². The molecule has 2 heterocycles. The zero-order valence-corrected chi connectivity index (χ0v) is 22.4. The number of ketones is 1. The number of rotatable bonds is 7. The van der Waals surface area contributed by atoms with Gasteiger partial charge in [-0.2, -0.15) is 0 Å². The van der Waals surface area contributed by atoms with Crippen molar-refractivity contribution in [2.45, 2.75) is 39.0 Å². The Morgan fingerprint density at radius 2 is 1.77 bits per heavy atom. The van der Waals surface area contributed by atoms with E-state index in [0.29, 0.717) is 51.8 Å². The molecule has 1 N–H and O–H groups in total. The molecule has 5 rings (SSSR count). The van der Waals surface area contributed by atoms with Crippen molar-refractivity contribution in [3.05, 3.63) is 76.1 Å². The van der Waals surface area contributed by atoms with Gasteiger partial charge in [-0.1, -0.05) is 18.2 Å². The molecule has 0 fully saturated rings. The molecule has 0 saturated heterocycles. The molecule has 0 saturated carbocycles. The lowest BCUT2D eigenvalue weighted by atomic mass is 9.67. The number of nitrogens with one attached hydrogen (secondary N) is 1. The third-order valence-electron chi connectivity index (χ3n) is 7.31. The van der Waals surface area contributed by atoms with Gasteiger partial charge < -0.3 is 29.0 Å². The molecular weight excluding hydrogens is 502 g/mol. The highest BCUT2D eigenvalue weighted by molar-refractivity contribution is 6.13. The Bertz CT molecular complexity index is 1390. The minimum atomic E-state index is -1.10. The number of allylic oxidation sites excluding steroid dienone is 3. The fourth-order valence-corrected chi connectivity index (χ4v) is 5.63. The van der Waals surface area contributed by atoms with Gasteiger partial charge in [-0.25, -0.2) is 4.79 Å². The van der Waals surface area contributed by atoms with Crippen LogP contribution in [0.15, 0.2) is 65.0 Å². The van der Waals surface area contributed by atoms with Crippen molar-refractivity contribution in [3.8, 4) is 17.2 Å². The van der Waals surface area contributed by atoms with Crippen LogP contribution in [0.1, 0.15) is 50.2 Å². The Labute approximate surface area is 226 Å². The minimum absolute atomic E-state index is 0.0879. The minimum Gasteiger partial charge on any atom is -0.497 e. The fourth-order valence-electron chi connectivity index (χ4n) is 5.63. The van der Waals surface area contributed by atoms with Gasteiger partial charge in [0, 0.05) is 28.8 Å². The highest BCUT2D eigenvalue weighted by Gasteiger charge is 2.49. The highest BCUT2D eigenvalue weighted by Crippen LogP contribution is 2.49. The lowest BCUT2D eigenvalue weighted by Gasteiger charge is -2.39. The average molecular weight is 534 g/mol. The summed E-state index contributed by atoms with van der Waals surface area (Å²) in [5.74, 6) is -2.17. The number of carbonyl (C=O) groups is 3. The van der Waals surface area contributed by atoms with Gasteiger partial charge in [0.2, 0.25) is 6.79 Å². The van der Waals surface area contributed by atoms with Crippen molar-refractivity contribution < 1.29 is 38.1 Å². The fraction of sp³-hybridized carbons (Fsp3) is 0.367. The van der Waals surface area contributed by atoms with E-state index in [0.717, 1.165) is 5.56 Å². The van der Waals surface area contributed by atoms with Gasteiger partial charge >= 0.3 is 11.9 Å². The van der Waals surface area contributed by atoms with Crippen LogP contribution in [0.3, 0.4) is 0 Å². The van der Waals surface area contributed by atoms with Gasteiger partial charge in [-0.3, -0.25) is 9.59 Å². The number of esters is 2. The molecule has 0 bridgehead atoms. The van der Waals surface area contributed by atoms with Crippen LogP contribution in [0.25, 0.3) is 0 Å². The van der Waals surface area contributed by atoms with Crippen molar-refractivity contribution in [1.29, 1.82) is 0 Å². The molecule has 39 heavy (non-hydrogen) atoms. The van der Waals surface area contributed by atoms with E-state index in [-0.39, 0.29) is 20.0 Å². The average Bonchev–Trinajstić information content (AvgIpc) is 3.40. The second-order valence-corrected chi connectivity index (χ2v) is 9.50. The predicted octanol–water partition coefficient (Wildman–Crippen LogP) is 4.14. The summed E-state index contributed by atoms with van der Waals surface area (Å²) in [5, 5.41) is 3.31. The topological polar surface area (TPSA) is 109 Å². The lowest BCUT2D eigenvalue weighted by Crippen LogP contribution is -2.43. The standard InChI is InChI=1S/C30H31NO8/c1-5-36-29(33)24-16(3)31-21-14-20(17-8-7-9-19(12-17)35-4)26(30(34)37-6-2)28(32)27(21)25(24)18-10-11-22-23(13-18)39-15-38-22/h7-13,20,25-26,31H,5-6,14-15H2,1-4H3. The van der Waals surface area contributed by atoms with Crippen molar-refractivity contribution in [1.82, 2.24) is 5.32 Å². The summed E-state index contributed by atoms with van der Waals surface area (Å²) in [6, 6.07) is 12.7. The Hall–Kier alpha value is -4.27. The van der Waals surface area contributed by atoms with E-state index >= 15 is 0 Å². The Balaban J connectivity index is 1.67. The summed E-state index contributed by atoms with van der Waals surface area (Å²) in [5.41, 5.74) is 3.34. The van der Waals surface area contributed by atoms with Crippen molar-refractivity contribution >= 4 is 17.7 Å². The van der Waals surface area contributed by atoms with Crippen LogP contribution >= 0.6 is 0 Å². The van der Waals surface area contributed by atoms with Gasteiger partial charge in [0.1, 0.15) is 11.7 Å². The molecule has 0 aromatic heterocycles. The van der Waals surface area contributed by atoms with Gasteiger partial charge in [-0.05, 0) is 62.6 Å². The van der Waals surface area contributed by atoms with E-state index in [1.165, 1.54) is 0 Å². The number of hydrogen-bond acceptors (Lipinski definition) is 9. The van der Waals surface area contributed by atoms with Gasteiger partial charge in [-0.15, -0.1) is 0 Å². The maximum Gasteiger partial charge on any atom is 0.336 e. The summed E-state index contributed by atoms with van der Waals surface area (Å²) < 4.78 is 27.3. The first-order chi connectivity index (χ1) is 18.9. The summed E-state index contributed by atoms with van der Waals surface area (Å²) >= 11 is 0. The summed E-state index contributed by atoms with van der Waals surface area (Å²) in [6.07, 6.45) is 0.353. The molecule has 9 nitrogen and oxygen atoms in total. The molecule has 0 spiro atoms. The quantitative estimate of drug-likeness (QED) is 0.415. The maximum atomic E-state index is 14.4. The molecule has 2 aromatic carbocycles. The van der Waals surface area contributed by atoms with Crippen LogP contribution in [0.4, 0.5) is 0 Å².